The van der Waals surface area contributed by atoms with E-state index in [1.807, 2.05) is 0 Å². The number of nitrogens with zero attached hydrogens (tertiary/aromatic N) is 3. The van der Waals surface area contributed by atoms with E-state index in [0.717, 1.165) is 32.5 Å². The van der Waals surface area contributed by atoms with Crippen molar-refractivity contribution in [2.24, 2.45) is 10.2 Å². The highest BCUT2D eigenvalue weighted by Crippen LogP contribution is 1.92. The third kappa shape index (κ3) is 9.56. The second-order valence-corrected chi connectivity index (χ2v) is 3.24. The molecule has 0 aliphatic carbocycles. The van der Waals surface area contributed by atoms with E-state index in [2.05, 4.69) is 36.1 Å². The largest absolute Gasteiger partial charge is 0.309 e. The normalized spacial score (nSPS) is 11.7. The van der Waals surface area contributed by atoms with Crippen LogP contribution in [0.5, 0.6) is 0 Å². The second kappa shape index (κ2) is 8.65. The Balaban J connectivity index is 3.00. The van der Waals surface area contributed by atoms with Crippen LogP contribution in [0, 0.1) is 0 Å². The molecule has 0 atom stereocenters. The lowest BCUT2D eigenvalue weighted by molar-refractivity contribution is 0.395. The molecule has 0 radical (unpaired) electrons. The van der Waals surface area contributed by atoms with Crippen LogP contribution in [0.4, 0.5) is 0 Å². The molecule has 12 heavy (non-hydrogen) atoms. The molecule has 0 aliphatic heterocycles. The minimum absolute atomic E-state index is 0.883. The molecule has 0 fully saturated rings. The summed E-state index contributed by atoms with van der Waals surface area (Å²) < 4.78 is 0. The van der Waals surface area contributed by atoms with Gasteiger partial charge in [-0.25, -0.2) is 0 Å². The molecule has 0 N–H and O–H groups in total. The summed E-state index contributed by atoms with van der Waals surface area (Å²) in [5.41, 5.74) is 0. The predicted octanol–water partition coefficient (Wildman–Crippen LogP) is 2.19. The van der Waals surface area contributed by atoms with Crippen LogP contribution >= 0.6 is 0 Å². The third-order valence-corrected chi connectivity index (χ3v) is 1.54. The fraction of sp³-hybridized carbons (Fsp3) is 1.00. The fourth-order valence-corrected chi connectivity index (χ4v) is 0.852. The summed E-state index contributed by atoms with van der Waals surface area (Å²) in [6.45, 7) is 5.05. The van der Waals surface area contributed by atoms with E-state index >= 15 is 0 Å². The Morgan fingerprint density at radius 3 is 2.25 bits per heavy atom. The number of hydrogen-bond donors (Lipinski definition) is 0. The lowest BCUT2D eigenvalue weighted by atomic mass is 10.3. The summed E-state index contributed by atoms with van der Waals surface area (Å²) in [7, 11) is 4.19. The van der Waals surface area contributed by atoms with Crippen molar-refractivity contribution in [1.29, 1.82) is 0 Å². The second-order valence-electron chi connectivity index (χ2n) is 3.24. The summed E-state index contributed by atoms with van der Waals surface area (Å²) in [6, 6.07) is 0. The van der Waals surface area contributed by atoms with E-state index in [0.29, 0.717) is 0 Å². The van der Waals surface area contributed by atoms with Gasteiger partial charge in [-0.3, -0.25) is 0 Å². The van der Waals surface area contributed by atoms with Crippen molar-refractivity contribution in [3.8, 4) is 0 Å². The van der Waals surface area contributed by atoms with Gasteiger partial charge in [0, 0.05) is 0 Å². The smallest absolute Gasteiger partial charge is 0.0599 e. The molecule has 0 heterocycles. The van der Waals surface area contributed by atoms with Gasteiger partial charge in [0.2, 0.25) is 0 Å². The minimum Gasteiger partial charge on any atom is -0.309 e. The first-order chi connectivity index (χ1) is 5.77. The summed E-state index contributed by atoms with van der Waals surface area (Å²) in [5.74, 6) is 0. The van der Waals surface area contributed by atoms with Crippen molar-refractivity contribution < 1.29 is 0 Å². The molecule has 0 saturated heterocycles. The molecule has 3 heteroatoms. The average molecular weight is 171 g/mol. The Kier molecular flexibility index (Phi) is 8.34. The van der Waals surface area contributed by atoms with Crippen LogP contribution in [0.25, 0.3) is 0 Å². The van der Waals surface area contributed by atoms with E-state index < -0.39 is 0 Å². The van der Waals surface area contributed by atoms with Gasteiger partial charge in [0.1, 0.15) is 0 Å². The highest BCUT2D eigenvalue weighted by Gasteiger charge is 1.89. The van der Waals surface area contributed by atoms with Crippen molar-refractivity contribution in [2.75, 3.05) is 33.7 Å². The summed E-state index contributed by atoms with van der Waals surface area (Å²) in [6.07, 6.45) is 3.48. The molecule has 0 saturated carbocycles. The minimum atomic E-state index is 0.883. The van der Waals surface area contributed by atoms with E-state index in [1.54, 1.807) is 0 Å². The summed E-state index contributed by atoms with van der Waals surface area (Å²) in [4.78, 5) is 2.20. The monoisotopic (exact) mass is 171 g/mol. The zero-order valence-corrected chi connectivity index (χ0v) is 8.58. The van der Waals surface area contributed by atoms with Gasteiger partial charge in [0.25, 0.3) is 0 Å². The van der Waals surface area contributed by atoms with Crippen molar-refractivity contribution in [3.63, 3.8) is 0 Å². The standard InChI is InChI=1S/C9H21N3/c1-4-7-10-11-8-5-6-9-12(2)3/h4-9H2,1-3H3/b11-10+. The van der Waals surface area contributed by atoms with E-state index in [4.69, 9.17) is 0 Å². The van der Waals surface area contributed by atoms with Gasteiger partial charge in [-0.1, -0.05) is 6.92 Å². The summed E-state index contributed by atoms with van der Waals surface area (Å²) in [5, 5.41) is 8.08. The van der Waals surface area contributed by atoms with Crippen molar-refractivity contribution in [1.82, 2.24) is 4.90 Å². The maximum absolute atomic E-state index is 4.06. The SMILES string of the molecule is CCC/N=N/CCCCN(C)C. The fourth-order valence-electron chi connectivity index (χ4n) is 0.852. The maximum atomic E-state index is 4.06. The van der Waals surface area contributed by atoms with E-state index in [9.17, 15) is 0 Å². The summed E-state index contributed by atoms with van der Waals surface area (Å²) >= 11 is 0. The van der Waals surface area contributed by atoms with Crippen LogP contribution in [-0.4, -0.2) is 38.6 Å². The molecule has 72 valence electrons. The molecule has 0 aromatic heterocycles. The Hall–Kier alpha value is -0.440. The molecule has 0 aromatic carbocycles. The Bertz CT molecular complexity index is 110. The van der Waals surface area contributed by atoms with Crippen molar-refractivity contribution in [3.05, 3.63) is 0 Å². The number of rotatable bonds is 7. The highest BCUT2D eigenvalue weighted by molar-refractivity contribution is 4.47. The molecule has 0 rings (SSSR count). The molecule has 0 amide bonds. The van der Waals surface area contributed by atoms with Crippen LogP contribution in [0.15, 0.2) is 10.2 Å². The maximum Gasteiger partial charge on any atom is 0.0599 e. The molecule has 0 spiro atoms. The van der Waals surface area contributed by atoms with Gasteiger partial charge in [0.05, 0.1) is 13.1 Å². The van der Waals surface area contributed by atoms with Gasteiger partial charge in [-0.15, -0.1) is 0 Å². The molecule has 0 aliphatic rings. The van der Waals surface area contributed by atoms with Crippen LogP contribution in [0.2, 0.25) is 0 Å². The van der Waals surface area contributed by atoms with Crippen LogP contribution in [0.1, 0.15) is 26.2 Å². The Morgan fingerprint density at radius 1 is 1.00 bits per heavy atom. The quantitative estimate of drug-likeness (QED) is 0.426. The van der Waals surface area contributed by atoms with Crippen molar-refractivity contribution >= 4 is 0 Å². The first-order valence-electron chi connectivity index (χ1n) is 4.75. The molecular formula is C9H21N3. The average Bonchev–Trinajstić information content (AvgIpc) is 2.02. The molecule has 3 nitrogen and oxygen atoms in total. The highest BCUT2D eigenvalue weighted by atomic mass is 15.1. The first-order valence-corrected chi connectivity index (χ1v) is 4.75. The van der Waals surface area contributed by atoms with E-state index in [-0.39, 0.29) is 0 Å². The zero-order valence-electron chi connectivity index (χ0n) is 8.58. The van der Waals surface area contributed by atoms with Gasteiger partial charge < -0.3 is 4.90 Å². The molecule has 0 aromatic rings. The zero-order chi connectivity index (χ0) is 9.23. The van der Waals surface area contributed by atoms with Crippen LogP contribution in [-0.2, 0) is 0 Å². The molecule has 0 unspecified atom stereocenters. The van der Waals surface area contributed by atoms with Gasteiger partial charge >= 0.3 is 0 Å². The van der Waals surface area contributed by atoms with E-state index in [1.165, 1.54) is 6.42 Å². The Labute approximate surface area is 75.9 Å². The third-order valence-electron chi connectivity index (χ3n) is 1.54. The van der Waals surface area contributed by atoms with Crippen LogP contribution in [0.3, 0.4) is 0 Å². The lowest BCUT2D eigenvalue weighted by Gasteiger charge is -2.06. The van der Waals surface area contributed by atoms with Gasteiger partial charge in [-0.05, 0) is 39.9 Å². The molecular weight excluding hydrogens is 150 g/mol. The van der Waals surface area contributed by atoms with Gasteiger partial charge in [0.15, 0.2) is 0 Å². The number of unbranched alkanes of at least 4 members (excludes halogenated alkanes) is 1. The van der Waals surface area contributed by atoms with Crippen molar-refractivity contribution in [2.45, 2.75) is 26.2 Å². The number of azo groups is 1. The number of hydrogen-bond acceptors (Lipinski definition) is 3. The molecule has 0 bridgehead atoms. The van der Waals surface area contributed by atoms with Gasteiger partial charge in [-0.2, -0.15) is 10.2 Å². The lowest BCUT2D eigenvalue weighted by Crippen LogP contribution is -2.12. The van der Waals surface area contributed by atoms with Crippen LogP contribution < -0.4 is 0 Å². The predicted molar refractivity (Wildman–Crippen MR) is 52.7 cm³/mol. The Morgan fingerprint density at radius 2 is 1.67 bits per heavy atom. The first kappa shape index (κ1) is 11.6. The topological polar surface area (TPSA) is 28.0 Å².